The summed E-state index contributed by atoms with van der Waals surface area (Å²) in [6, 6.07) is 10.9. The third kappa shape index (κ3) is 11.3. The predicted molar refractivity (Wildman–Crippen MR) is 206 cm³/mol. The van der Waals surface area contributed by atoms with Crippen LogP contribution in [0.15, 0.2) is 79.4 Å². The number of ether oxygens (including phenoxy) is 4. The van der Waals surface area contributed by atoms with Gasteiger partial charge in [-0.3, -0.25) is 0 Å². The Bertz CT molecular complexity index is 1230. The number of hydrogen-bond acceptors (Lipinski definition) is 5. The van der Waals surface area contributed by atoms with Crippen molar-refractivity contribution in [1.82, 2.24) is 0 Å². The summed E-state index contributed by atoms with van der Waals surface area (Å²) in [6.07, 6.45) is 13.2. The summed E-state index contributed by atoms with van der Waals surface area (Å²) in [5, 5.41) is 0.214. The molecular formula is C43H68O5Si. The Kier molecular flexibility index (Phi) is 14.8. The van der Waals surface area contributed by atoms with Crippen molar-refractivity contribution in [1.29, 1.82) is 0 Å². The van der Waals surface area contributed by atoms with Crippen LogP contribution < -0.4 is 0 Å². The van der Waals surface area contributed by atoms with Gasteiger partial charge in [0, 0.05) is 19.4 Å². The first-order chi connectivity index (χ1) is 23.2. The van der Waals surface area contributed by atoms with E-state index in [0.29, 0.717) is 36.9 Å². The van der Waals surface area contributed by atoms with E-state index in [-0.39, 0.29) is 41.7 Å². The summed E-state index contributed by atoms with van der Waals surface area (Å²) in [5.74, 6) is 1.73. The maximum Gasteiger partial charge on any atom is 0.191 e. The summed E-state index contributed by atoms with van der Waals surface area (Å²) >= 11 is 0. The van der Waals surface area contributed by atoms with Crippen LogP contribution >= 0.6 is 0 Å². The second-order valence-corrected chi connectivity index (χ2v) is 21.7. The van der Waals surface area contributed by atoms with Gasteiger partial charge < -0.3 is 23.4 Å². The SMILES string of the molecule is C=CCOC/C=C/C1CC(=C)C(CC[C@H]2C[C@@H](C)C(=C)C(C[C@@H]3O[C@H](C[C@H](C)CO[Si](C)(C)C(C)(C)C)[C@H](C)[C@H]3Cc3ccccc3)O2)O1. The van der Waals surface area contributed by atoms with E-state index in [0.717, 1.165) is 51.6 Å². The molecule has 0 N–H and O–H groups in total. The lowest BCUT2D eigenvalue weighted by molar-refractivity contribution is -0.0741. The minimum Gasteiger partial charge on any atom is -0.417 e. The summed E-state index contributed by atoms with van der Waals surface area (Å²) in [6.45, 7) is 33.2. The molecule has 3 heterocycles. The highest BCUT2D eigenvalue weighted by Crippen LogP contribution is 2.43. The normalized spacial score (nSPS) is 31.9. The van der Waals surface area contributed by atoms with Gasteiger partial charge in [0.15, 0.2) is 8.32 Å². The van der Waals surface area contributed by atoms with Gasteiger partial charge in [0.2, 0.25) is 0 Å². The van der Waals surface area contributed by atoms with E-state index in [2.05, 4.69) is 111 Å². The van der Waals surface area contributed by atoms with Crippen LogP contribution in [0, 0.1) is 23.7 Å². The van der Waals surface area contributed by atoms with Crippen LogP contribution in [-0.4, -0.2) is 64.8 Å². The molecule has 1 aromatic rings. The standard InChI is InChI=1S/C43H68O5Si/c1-12-22-44-23-16-19-36-26-32(4)39(46-36)21-20-37-25-31(3)33(5)41(47-37)28-42-38(27-35-17-14-13-15-18-35)34(6)40(48-42)24-30(2)29-45-49(10,11)43(7,8)9/h12-19,30-31,34,36-42H,1,4-5,20-29H2,2-3,6-11H3/b19-16+/t30-,31+,34+,36?,37-,38+,39?,40+,41?,42-/m0/s1. The van der Waals surface area contributed by atoms with E-state index in [1.807, 2.05) is 6.08 Å². The summed E-state index contributed by atoms with van der Waals surface area (Å²) in [7, 11) is -1.79. The maximum atomic E-state index is 7.05. The quantitative estimate of drug-likeness (QED) is 0.0924. The first-order valence-electron chi connectivity index (χ1n) is 19.0. The molecule has 3 fully saturated rings. The Balaban J connectivity index is 1.37. The van der Waals surface area contributed by atoms with Gasteiger partial charge in [-0.05, 0) is 90.6 Å². The number of benzene rings is 1. The molecule has 6 heteroatoms. The molecule has 3 aliphatic heterocycles. The van der Waals surface area contributed by atoms with Gasteiger partial charge in [0.25, 0.3) is 0 Å². The van der Waals surface area contributed by atoms with E-state index in [1.54, 1.807) is 6.08 Å². The molecule has 3 aliphatic rings. The monoisotopic (exact) mass is 692 g/mol. The van der Waals surface area contributed by atoms with E-state index >= 15 is 0 Å². The number of rotatable bonds is 17. The van der Waals surface area contributed by atoms with Crippen molar-refractivity contribution < 1.29 is 23.4 Å². The van der Waals surface area contributed by atoms with E-state index in [1.165, 1.54) is 16.7 Å². The fourth-order valence-corrected chi connectivity index (χ4v) is 8.67. The van der Waals surface area contributed by atoms with Gasteiger partial charge in [-0.2, -0.15) is 0 Å². The highest BCUT2D eigenvalue weighted by molar-refractivity contribution is 6.74. The molecule has 0 spiro atoms. The summed E-state index contributed by atoms with van der Waals surface area (Å²) in [4.78, 5) is 0. The molecule has 0 radical (unpaired) electrons. The second-order valence-electron chi connectivity index (χ2n) is 16.9. The Hall–Kier alpha value is -1.80. The van der Waals surface area contributed by atoms with Gasteiger partial charge in [0.05, 0.1) is 49.8 Å². The van der Waals surface area contributed by atoms with Crippen molar-refractivity contribution in [2.75, 3.05) is 19.8 Å². The third-order valence-electron chi connectivity index (χ3n) is 11.8. The third-order valence-corrected chi connectivity index (χ3v) is 16.3. The van der Waals surface area contributed by atoms with Crippen molar-refractivity contribution in [3.05, 3.63) is 85.0 Å². The molecule has 0 saturated carbocycles. The van der Waals surface area contributed by atoms with E-state index in [9.17, 15) is 0 Å². The van der Waals surface area contributed by atoms with Gasteiger partial charge in [-0.25, -0.2) is 0 Å². The van der Waals surface area contributed by atoms with Crippen LogP contribution in [0.3, 0.4) is 0 Å². The average Bonchev–Trinajstić information content (AvgIpc) is 3.54. The molecule has 49 heavy (non-hydrogen) atoms. The van der Waals surface area contributed by atoms with Gasteiger partial charge >= 0.3 is 0 Å². The molecule has 5 nitrogen and oxygen atoms in total. The molecule has 1 aromatic carbocycles. The molecule has 274 valence electrons. The fraction of sp³-hybridized carbons (Fsp3) is 0.674. The zero-order valence-electron chi connectivity index (χ0n) is 32.1. The fourth-order valence-electron chi connectivity index (χ4n) is 7.54. The molecular weight excluding hydrogens is 625 g/mol. The first-order valence-corrected chi connectivity index (χ1v) is 21.9. The average molecular weight is 693 g/mol. The van der Waals surface area contributed by atoms with Crippen LogP contribution in [0.2, 0.25) is 18.1 Å². The molecule has 3 saturated heterocycles. The van der Waals surface area contributed by atoms with Crippen molar-refractivity contribution in [2.24, 2.45) is 23.7 Å². The van der Waals surface area contributed by atoms with Crippen molar-refractivity contribution in [2.45, 2.75) is 141 Å². The first kappa shape index (κ1) is 40.0. The lowest BCUT2D eigenvalue weighted by Crippen LogP contribution is -2.42. The minimum absolute atomic E-state index is 0.00117. The lowest BCUT2D eigenvalue weighted by atomic mass is 9.78. The smallest absolute Gasteiger partial charge is 0.191 e. The number of hydrogen-bond donors (Lipinski definition) is 0. The highest BCUT2D eigenvalue weighted by Gasteiger charge is 2.45. The molecule has 0 aromatic heterocycles. The van der Waals surface area contributed by atoms with Crippen LogP contribution in [0.1, 0.15) is 85.6 Å². The molecule has 0 amide bonds. The minimum atomic E-state index is -1.79. The Morgan fingerprint density at radius 1 is 0.980 bits per heavy atom. The topological polar surface area (TPSA) is 46.2 Å². The van der Waals surface area contributed by atoms with E-state index < -0.39 is 8.32 Å². The van der Waals surface area contributed by atoms with Crippen molar-refractivity contribution >= 4 is 8.32 Å². The Labute approximate surface area is 300 Å². The molecule has 3 unspecified atom stereocenters. The van der Waals surface area contributed by atoms with Gasteiger partial charge in [-0.1, -0.05) is 103 Å². The lowest BCUT2D eigenvalue weighted by Gasteiger charge is -2.38. The molecule has 0 bridgehead atoms. The predicted octanol–water partition coefficient (Wildman–Crippen LogP) is 10.3. The summed E-state index contributed by atoms with van der Waals surface area (Å²) < 4.78 is 32.4. The Morgan fingerprint density at radius 2 is 1.71 bits per heavy atom. The van der Waals surface area contributed by atoms with Crippen LogP contribution in [0.25, 0.3) is 0 Å². The van der Waals surface area contributed by atoms with Crippen molar-refractivity contribution in [3.8, 4) is 0 Å². The maximum absolute atomic E-state index is 7.05. The van der Waals surface area contributed by atoms with E-state index in [4.69, 9.17) is 23.4 Å². The summed E-state index contributed by atoms with van der Waals surface area (Å²) in [5.41, 5.74) is 3.78. The molecule has 10 atom stereocenters. The molecule has 4 rings (SSSR count). The van der Waals surface area contributed by atoms with Gasteiger partial charge in [0.1, 0.15) is 0 Å². The van der Waals surface area contributed by atoms with Crippen LogP contribution in [0.5, 0.6) is 0 Å². The van der Waals surface area contributed by atoms with Crippen LogP contribution in [0.4, 0.5) is 0 Å². The Morgan fingerprint density at radius 3 is 2.41 bits per heavy atom. The van der Waals surface area contributed by atoms with Crippen LogP contribution in [-0.2, 0) is 29.8 Å². The second kappa shape index (κ2) is 18.1. The highest BCUT2D eigenvalue weighted by atomic mass is 28.4. The molecule has 0 aliphatic carbocycles. The zero-order valence-corrected chi connectivity index (χ0v) is 33.1. The largest absolute Gasteiger partial charge is 0.417 e. The van der Waals surface area contributed by atoms with Crippen molar-refractivity contribution in [3.63, 3.8) is 0 Å². The zero-order chi connectivity index (χ0) is 35.8. The van der Waals surface area contributed by atoms with Gasteiger partial charge in [-0.15, -0.1) is 6.58 Å².